The lowest BCUT2D eigenvalue weighted by atomic mass is 10.1. The summed E-state index contributed by atoms with van der Waals surface area (Å²) in [5.74, 6) is 0.324. The third-order valence-electron chi connectivity index (χ3n) is 4.53. The second-order valence-electron chi connectivity index (χ2n) is 6.75. The zero-order valence-corrected chi connectivity index (χ0v) is 18.3. The number of carbonyl (C=O) groups is 2. The van der Waals surface area contributed by atoms with E-state index in [-0.39, 0.29) is 31.5 Å². The van der Waals surface area contributed by atoms with E-state index in [1.807, 2.05) is 30.3 Å². The van der Waals surface area contributed by atoms with Gasteiger partial charge >= 0.3 is 6.09 Å². The van der Waals surface area contributed by atoms with Crippen molar-refractivity contribution in [3.63, 3.8) is 0 Å². The molecule has 9 heteroatoms. The number of hydrogen-bond acceptors (Lipinski definition) is 6. The summed E-state index contributed by atoms with van der Waals surface area (Å²) in [4.78, 5) is 24.0. The highest BCUT2D eigenvalue weighted by atomic mass is 35.5. The van der Waals surface area contributed by atoms with Gasteiger partial charge in [-0.3, -0.25) is 4.79 Å². The van der Waals surface area contributed by atoms with Crippen LogP contribution in [0.15, 0.2) is 54.6 Å². The van der Waals surface area contributed by atoms with Gasteiger partial charge in [0.05, 0.1) is 25.8 Å². The number of amides is 2. The van der Waals surface area contributed by atoms with Crippen LogP contribution in [0.25, 0.3) is 0 Å². The Labute approximate surface area is 188 Å². The predicted molar refractivity (Wildman–Crippen MR) is 120 cm³/mol. The van der Waals surface area contributed by atoms with Crippen LogP contribution in [-0.2, 0) is 16.1 Å². The molecule has 2 aromatic carbocycles. The van der Waals surface area contributed by atoms with Gasteiger partial charge in [-0.25, -0.2) is 4.79 Å². The minimum absolute atomic E-state index is 0. The minimum atomic E-state index is -0.751. The fourth-order valence-electron chi connectivity index (χ4n) is 2.77. The van der Waals surface area contributed by atoms with Gasteiger partial charge < -0.3 is 30.9 Å². The molecule has 2 rings (SSSR count). The number of halogens is 1. The molecule has 0 fully saturated rings. The molecule has 0 radical (unpaired) electrons. The highest BCUT2D eigenvalue weighted by molar-refractivity contribution is 5.85. The average Bonchev–Trinajstić information content (AvgIpc) is 2.79. The van der Waals surface area contributed by atoms with Crippen molar-refractivity contribution in [2.75, 3.05) is 20.3 Å². The molecule has 2 amide bonds. The molecule has 2 atom stereocenters. The van der Waals surface area contributed by atoms with Crippen molar-refractivity contribution < 1.29 is 24.2 Å². The standard InChI is InChI=1S/C22H29N3O5.ClH/c1-29-18-11-9-17(10-12-18)20(14-26)25-21(27)19(23)8-5-13-24-22(28)30-15-16-6-3-2-4-7-16;/h2-4,6-7,9-12,19-20,26H,5,8,13-15,23H2,1H3,(H,24,28)(H,25,27);1H/t19-,20-;/m0./s1. The van der Waals surface area contributed by atoms with Crippen molar-refractivity contribution >= 4 is 24.4 Å². The fourth-order valence-corrected chi connectivity index (χ4v) is 2.77. The first kappa shape index (κ1) is 26.2. The summed E-state index contributed by atoms with van der Waals surface area (Å²) in [7, 11) is 1.57. The van der Waals surface area contributed by atoms with Crippen LogP contribution in [0, 0.1) is 0 Å². The second kappa shape index (κ2) is 14.2. The van der Waals surface area contributed by atoms with E-state index in [2.05, 4.69) is 10.6 Å². The number of rotatable bonds is 11. The summed E-state index contributed by atoms with van der Waals surface area (Å²) in [6, 6.07) is 15.1. The maximum Gasteiger partial charge on any atom is 0.407 e. The van der Waals surface area contributed by atoms with Crippen LogP contribution in [-0.4, -0.2) is 43.4 Å². The molecule has 5 N–H and O–H groups in total. The number of aliphatic hydroxyl groups excluding tert-OH is 1. The topological polar surface area (TPSA) is 123 Å². The van der Waals surface area contributed by atoms with Gasteiger partial charge in [0.25, 0.3) is 0 Å². The summed E-state index contributed by atoms with van der Waals surface area (Å²) in [5, 5.41) is 15.0. The SMILES string of the molecule is COc1ccc([C@H](CO)NC(=O)[C@@H](N)CCCNC(=O)OCc2ccccc2)cc1.Cl. The molecule has 0 aromatic heterocycles. The lowest BCUT2D eigenvalue weighted by Crippen LogP contribution is -2.43. The van der Waals surface area contributed by atoms with Gasteiger partial charge in [0.2, 0.25) is 5.91 Å². The van der Waals surface area contributed by atoms with Gasteiger partial charge in [-0.1, -0.05) is 42.5 Å². The van der Waals surface area contributed by atoms with Crippen LogP contribution in [0.1, 0.15) is 30.0 Å². The monoisotopic (exact) mass is 451 g/mol. The van der Waals surface area contributed by atoms with Crippen molar-refractivity contribution in [2.24, 2.45) is 5.73 Å². The van der Waals surface area contributed by atoms with E-state index >= 15 is 0 Å². The lowest BCUT2D eigenvalue weighted by Gasteiger charge is -2.20. The Bertz CT molecular complexity index is 789. The molecule has 2 aromatic rings. The third kappa shape index (κ3) is 9.25. The van der Waals surface area contributed by atoms with Crippen LogP contribution in [0.5, 0.6) is 5.75 Å². The Balaban J connectivity index is 0.00000480. The number of nitrogens with one attached hydrogen (secondary N) is 2. The predicted octanol–water partition coefficient (Wildman–Crippen LogP) is 2.30. The smallest absolute Gasteiger partial charge is 0.407 e. The van der Waals surface area contributed by atoms with Gasteiger partial charge in [0.15, 0.2) is 0 Å². The minimum Gasteiger partial charge on any atom is -0.497 e. The zero-order chi connectivity index (χ0) is 21.8. The van der Waals surface area contributed by atoms with E-state index in [0.29, 0.717) is 25.1 Å². The number of methoxy groups -OCH3 is 1. The van der Waals surface area contributed by atoms with Crippen molar-refractivity contribution in [1.82, 2.24) is 10.6 Å². The molecule has 0 aliphatic heterocycles. The van der Waals surface area contributed by atoms with E-state index in [4.69, 9.17) is 15.2 Å². The van der Waals surface area contributed by atoms with Crippen molar-refractivity contribution in [3.05, 3.63) is 65.7 Å². The summed E-state index contributed by atoms with van der Waals surface area (Å²) < 4.78 is 10.2. The van der Waals surface area contributed by atoms with E-state index < -0.39 is 18.2 Å². The molecule has 0 aliphatic carbocycles. The maximum atomic E-state index is 12.3. The number of benzene rings is 2. The summed E-state index contributed by atoms with van der Waals surface area (Å²) >= 11 is 0. The Morgan fingerprint density at radius 3 is 2.39 bits per heavy atom. The summed E-state index contributed by atoms with van der Waals surface area (Å²) in [6.07, 6.45) is 0.379. The number of carbonyl (C=O) groups excluding carboxylic acids is 2. The third-order valence-corrected chi connectivity index (χ3v) is 4.53. The van der Waals surface area contributed by atoms with Crippen LogP contribution in [0.2, 0.25) is 0 Å². The molecule has 0 saturated heterocycles. The largest absolute Gasteiger partial charge is 0.497 e. The normalized spacial score (nSPS) is 12.1. The highest BCUT2D eigenvalue weighted by Gasteiger charge is 2.19. The average molecular weight is 452 g/mol. The van der Waals surface area contributed by atoms with Crippen molar-refractivity contribution in [2.45, 2.75) is 31.5 Å². The quantitative estimate of drug-likeness (QED) is 0.389. The molecule has 170 valence electrons. The van der Waals surface area contributed by atoms with Gasteiger partial charge in [-0.05, 0) is 36.1 Å². The Morgan fingerprint density at radius 2 is 1.77 bits per heavy atom. The number of aliphatic hydroxyl groups is 1. The van der Waals surface area contributed by atoms with E-state index in [1.165, 1.54) is 0 Å². The van der Waals surface area contributed by atoms with Crippen molar-refractivity contribution in [1.29, 1.82) is 0 Å². The molecule has 31 heavy (non-hydrogen) atoms. The van der Waals surface area contributed by atoms with Gasteiger partial charge in [0, 0.05) is 6.54 Å². The number of alkyl carbamates (subject to hydrolysis) is 1. The first-order valence-corrected chi connectivity index (χ1v) is 9.78. The molecule has 8 nitrogen and oxygen atoms in total. The van der Waals surface area contributed by atoms with Gasteiger partial charge in [-0.2, -0.15) is 0 Å². The van der Waals surface area contributed by atoms with Crippen LogP contribution >= 0.6 is 12.4 Å². The highest BCUT2D eigenvalue weighted by Crippen LogP contribution is 2.17. The van der Waals surface area contributed by atoms with Gasteiger partial charge in [0.1, 0.15) is 12.4 Å². The molecule has 0 heterocycles. The Morgan fingerprint density at radius 1 is 1.10 bits per heavy atom. The molecule has 0 unspecified atom stereocenters. The van der Waals surface area contributed by atoms with E-state index in [9.17, 15) is 14.7 Å². The molecule has 0 aliphatic rings. The number of ether oxygens (including phenoxy) is 2. The zero-order valence-electron chi connectivity index (χ0n) is 17.5. The van der Waals surface area contributed by atoms with Crippen LogP contribution in [0.4, 0.5) is 4.79 Å². The van der Waals surface area contributed by atoms with Crippen molar-refractivity contribution in [3.8, 4) is 5.75 Å². The van der Waals surface area contributed by atoms with Crippen LogP contribution < -0.4 is 21.1 Å². The maximum absolute atomic E-state index is 12.3. The van der Waals surface area contributed by atoms with Crippen LogP contribution in [0.3, 0.4) is 0 Å². The Hall–Kier alpha value is -2.81. The second-order valence-corrected chi connectivity index (χ2v) is 6.75. The molecular formula is C22H30ClN3O5. The van der Waals surface area contributed by atoms with Gasteiger partial charge in [-0.15, -0.1) is 12.4 Å². The lowest BCUT2D eigenvalue weighted by molar-refractivity contribution is -0.123. The Kier molecular flexibility index (Phi) is 12.0. The summed E-state index contributed by atoms with van der Waals surface area (Å²) in [6.45, 7) is 0.290. The first-order chi connectivity index (χ1) is 14.5. The number of hydrogen-bond donors (Lipinski definition) is 4. The molecule has 0 spiro atoms. The van der Waals surface area contributed by atoms with E-state index in [0.717, 1.165) is 11.1 Å². The molecule has 0 saturated carbocycles. The fraction of sp³-hybridized carbons (Fsp3) is 0.364. The first-order valence-electron chi connectivity index (χ1n) is 9.78. The molecular weight excluding hydrogens is 422 g/mol. The molecule has 0 bridgehead atoms. The summed E-state index contributed by atoms with van der Waals surface area (Å²) in [5.41, 5.74) is 7.59. The number of nitrogens with two attached hydrogens (primary N) is 1. The van der Waals surface area contributed by atoms with E-state index in [1.54, 1.807) is 31.4 Å².